The Kier molecular flexibility index (Phi) is 3.17. The van der Waals surface area contributed by atoms with Crippen LogP contribution in [0.1, 0.15) is 12.8 Å². The first-order chi connectivity index (χ1) is 8.92. The van der Waals surface area contributed by atoms with Gasteiger partial charge in [-0.3, -0.25) is 0 Å². The van der Waals surface area contributed by atoms with E-state index < -0.39 is 0 Å². The van der Waals surface area contributed by atoms with Crippen molar-refractivity contribution in [1.29, 1.82) is 0 Å². The van der Waals surface area contributed by atoms with Gasteiger partial charge in [0.2, 0.25) is 0 Å². The van der Waals surface area contributed by atoms with Crippen molar-refractivity contribution in [2.24, 2.45) is 4.99 Å². The summed E-state index contributed by atoms with van der Waals surface area (Å²) in [5.41, 5.74) is 2.19. The van der Waals surface area contributed by atoms with Crippen LogP contribution in [0.4, 0.5) is 11.4 Å². The summed E-state index contributed by atoms with van der Waals surface area (Å²) >= 11 is 0. The fourth-order valence-corrected chi connectivity index (χ4v) is 2.76. The van der Waals surface area contributed by atoms with Crippen LogP contribution in [0.25, 0.3) is 10.8 Å². The quantitative estimate of drug-likeness (QED) is 0.856. The number of amidine groups is 1. The second kappa shape index (κ2) is 4.83. The highest BCUT2D eigenvalue weighted by Crippen LogP contribution is 2.36. The Bertz CT molecular complexity index is 642. The number of aliphatic imine (C=N–C) groups is 1. The van der Waals surface area contributed by atoms with Crippen molar-refractivity contribution in [2.45, 2.75) is 18.9 Å². The number of benzene rings is 2. The maximum absolute atomic E-state index is 5.71. The maximum Gasteiger partial charge on any atom is 0.136 e. The summed E-state index contributed by atoms with van der Waals surface area (Å²) in [4.78, 5) is 4.73. The van der Waals surface area contributed by atoms with Crippen molar-refractivity contribution in [3.63, 3.8) is 0 Å². The zero-order chi connectivity index (χ0) is 11.9. The highest BCUT2D eigenvalue weighted by atomic mass is 35.5. The Morgan fingerprint density at radius 1 is 1.16 bits per heavy atom. The molecule has 2 aromatic carbocycles. The topological polar surface area (TPSA) is 33.6 Å². The number of nitrogens with one attached hydrogen (secondary N) is 1. The molecule has 1 fully saturated rings. The first-order valence-electron chi connectivity index (χ1n) is 6.41. The zero-order valence-electron chi connectivity index (χ0n) is 10.4. The molecule has 4 heteroatoms. The third-order valence-electron chi connectivity index (χ3n) is 3.62. The highest BCUT2D eigenvalue weighted by Gasteiger charge is 2.25. The maximum atomic E-state index is 5.71. The van der Waals surface area contributed by atoms with E-state index in [4.69, 9.17) is 9.73 Å². The molecule has 0 spiro atoms. The minimum absolute atomic E-state index is 0. The molecule has 4 rings (SSSR count). The first kappa shape index (κ1) is 12.5. The van der Waals surface area contributed by atoms with Gasteiger partial charge < -0.3 is 10.1 Å². The van der Waals surface area contributed by atoms with Gasteiger partial charge in [-0.1, -0.05) is 24.3 Å². The van der Waals surface area contributed by atoms with Crippen LogP contribution in [0.2, 0.25) is 0 Å². The van der Waals surface area contributed by atoms with Crippen molar-refractivity contribution in [3.05, 3.63) is 36.4 Å². The van der Waals surface area contributed by atoms with Gasteiger partial charge in [-0.25, -0.2) is 4.99 Å². The smallest absolute Gasteiger partial charge is 0.136 e. The molecule has 1 unspecified atom stereocenters. The van der Waals surface area contributed by atoms with Crippen LogP contribution in [-0.2, 0) is 4.74 Å². The van der Waals surface area contributed by atoms with Gasteiger partial charge in [0, 0.05) is 17.7 Å². The van der Waals surface area contributed by atoms with Crippen LogP contribution in [0.3, 0.4) is 0 Å². The lowest BCUT2D eigenvalue weighted by Gasteiger charge is -2.22. The largest absolute Gasteiger partial charge is 0.370 e. The predicted octanol–water partition coefficient (Wildman–Crippen LogP) is 3.90. The molecule has 0 radical (unpaired) electrons. The van der Waals surface area contributed by atoms with Crippen molar-refractivity contribution in [2.75, 3.05) is 11.9 Å². The molecule has 0 saturated carbocycles. The summed E-state index contributed by atoms with van der Waals surface area (Å²) in [7, 11) is 0. The normalized spacial score (nSPS) is 20.6. The third kappa shape index (κ3) is 1.99. The van der Waals surface area contributed by atoms with E-state index in [0.29, 0.717) is 0 Å². The summed E-state index contributed by atoms with van der Waals surface area (Å²) in [6.45, 7) is 0.844. The van der Waals surface area contributed by atoms with Crippen LogP contribution in [-0.4, -0.2) is 18.5 Å². The van der Waals surface area contributed by atoms with E-state index >= 15 is 0 Å². The molecule has 2 aliphatic rings. The van der Waals surface area contributed by atoms with Gasteiger partial charge in [0.05, 0.1) is 5.69 Å². The van der Waals surface area contributed by atoms with E-state index in [1.54, 1.807) is 0 Å². The standard InChI is InChI=1S/C15H14N2O.ClH/c1-4-10-5-2-7-12-14(10)11(6-1)16-15(17-12)13-8-3-9-18-13;/h1-2,4-7,13H,3,8-9H2,(H,16,17);1H. The minimum Gasteiger partial charge on any atom is -0.370 e. The number of halogens is 1. The molecular formula is C15H15ClN2O. The Labute approximate surface area is 118 Å². The van der Waals surface area contributed by atoms with Crippen molar-refractivity contribution < 1.29 is 4.74 Å². The molecule has 0 aliphatic carbocycles. The van der Waals surface area contributed by atoms with Gasteiger partial charge in [0.25, 0.3) is 0 Å². The third-order valence-corrected chi connectivity index (χ3v) is 3.62. The van der Waals surface area contributed by atoms with Crippen molar-refractivity contribution in [3.8, 4) is 0 Å². The molecule has 0 aromatic heterocycles. The van der Waals surface area contributed by atoms with Gasteiger partial charge >= 0.3 is 0 Å². The van der Waals surface area contributed by atoms with Gasteiger partial charge in [-0.2, -0.15) is 0 Å². The van der Waals surface area contributed by atoms with E-state index in [-0.39, 0.29) is 18.5 Å². The predicted molar refractivity (Wildman–Crippen MR) is 80.9 cm³/mol. The SMILES string of the molecule is Cl.c1cc2c3c(cccc3c1)NC(C1CCCO1)=N2. The van der Waals surface area contributed by atoms with E-state index in [0.717, 1.165) is 36.7 Å². The van der Waals surface area contributed by atoms with E-state index in [9.17, 15) is 0 Å². The first-order valence-corrected chi connectivity index (χ1v) is 6.41. The number of nitrogens with zero attached hydrogens (tertiary/aromatic N) is 1. The lowest BCUT2D eigenvalue weighted by molar-refractivity contribution is 0.158. The van der Waals surface area contributed by atoms with Crippen LogP contribution >= 0.6 is 12.4 Å². The molecule has 3 nitrogen and oxygen atoms in total. The minimum atomic E-state index is 0. The molecule has 0 amide bonds. The highest BCUT2D eigenvalue weighted by molar-refractivity contribution is 6.14. The van der Waals surface area contributed by atoms with Gasteiger partial charge in [0.15, 0.2) is 0 Å². The Balaban J connectivity index is 0.00000110. The van der Waals surface area contributed by atoms with Gasteiger partial charge in [-0.05, 0) is 30.4 Å². The molecule has 2 aliphatic heterocycles. The Morgan fingerprint density at radius 3 is 2.79 bits per heavy atom. The molecule has 0 bridgehead atoms. The van der Waals surface area contributed by atoms with Gasteiger partial charge in [0.1, 0.15) is 11.9 Å². The Hall–Kier alpha value is -1.58. The monoisotopic (exact) mass is 274 g/mol. The van der Waals surface area contributed by atoms with E-state index in [1.165, 1.54) is 10.8 Å². The van der Waals surface area contributed by atoms with Crippen molar-refractivity contribution >= 4 is 40.4 Å². The average molecular weight is 275 g/mol. The second-order valence-corrected chi connectivity index (χ2v) is 4.80. The molecule has 1 saturated heterocycles. The molecule has 2 aromatic rings. The number of rotatable bonds is 1. The molecule has 1 atom stereocenters. The number of hydrogen-bond acceptors (Lipinski definition) is 3. The summed E-state index contributed by atoms with van der Waals surface area (Å²) in [6, 6.07) is 12.6. The summed E-state index contributed by atoms with van der Waals surface area (Å²) < 4.78 is 5.71. The number of anilines is 1. The summed E-state index contributed by atoms with van der Waals surface area (Å²) in [6.07, 6.45) is 2.31. The van der Waals surface area contributed by atoms with Crippen molar-refractivity contribution in [1.82, 2.24) is 0 Å². The lowest BCUT2D eigenvalue weighted by Crippen LogP contribution is -2.28. The second-order valence-electron chi connectivity index (χ2n) is 4.80. The number of hydrogen-bond donors (Lipinski definition) is 1. The summed E-state index contributed by atoms with van der Waals surface area (Å²) in [5.74, 6) is 0.957. The van der Waals surface area contributed by atoms with Crippen LogP contribution in [0.5, 0.6) is 0 Å². The molecule has 19 heavy (non-hydrogen) atoms. The molecule has 2 heterocycles. The fourth-order valence-electron chi connectivity index (χ4n) is 2.76. The van der Waals surface area contributed by atoms with Gasteiger partial charge in [-0.15, -0.1) is 12.4 Å². The van der Waals surface area contributed by atoms with Crippen LogP contribution in [0.15, 0.2) is 41.4 Å². The van der Waals surface area contributed by atoms with E-state index in [1.807, 2.05) is 0 Å². The number of ether oxygens (including phenoxy) is 1. The zero-order valence-corrected chi connectivity index (χ0v) is 11.2. The Morgan fingerprint density at radius 2 is 2.00 bits per heavy atom. The lowest BCUT2D eigenvalue weighted by atomic mass is 10.0. The fraction of sp³-hybridized carbons (Fsp3) is 0.267. The van der Waals surface area contributed by atoms with Crippen LogP contribution in [0, 0.1) is 0 Å². The average Bonchev–Trinajstić information content (AvgIpc) is 2.93. The molecule has 98 valence electrons. The molecular weight excluding hydrogens is 260 g/mol. The van der Waals surface area contributed by atoms with Crippen LogP contribution < -0.4 is 5.32 Å². The summed E-state index contributed by atoms with van der Waals surface area (Å²) in [5, 5.41) is 5.87. The van der Waals surface area contributed by atoms with E-state index in [2.05, 4.69) is 41.7 Å². The molecule has 1 N–H and O–H groups in total.